The van der Waals surface area contributed by atoms with Gasteiger partial charge >= 0.3 is 0 Å². The summed E-state index contributed by atoms with van der Waals surface area (Å²) in [5.74, 6) is 2.17. The predicted molar refractivity (Wildman–Crippen MR) is 121 cm³/mol. The largest absolute Gasteiger partial charge is 0.497 e. The number of benzene rings is 1. The van der Waals surface area contributed by atoms with Crippen LogP contribution in [0.4, 0.5) is 0 Å². The van der Waals surface area contributed by atoms with Gasteiger partial charge in [-0.2, -0.15) is 0 Å². The van der Waals surface area contributed by atoms with Crippen molar-refractivity contribution < 1.29 is 13.2 Å². The van der Waals surface area contributed by atoms with Crippen molar-refractivity contribution in [2.45, 2.75) is 18.9 Å². The molecule has 2 fully saturated rings. The molecule has 2 heterocycles. The molecule has 1 atom stereocenters. The average Bonchev–Trinajstić information content (AvgIpc) is 3.28. The Bertz CT molecular complexity index is 777. The topological polar surface area (TPSA) is 86.3 Å². The quantitative estimate of drug-likeness (QED) is 0.458. The van der Waals surface area contributed by atoms with Gasteiger partial charge in [0.2, 0.25) is 0 Å². The zero-order valence-electron chi connectivity index (χ0n) is 18.1. The first kappa shape index (κ1) is 22.8. The number of sulfone groups is 1. The molecule has 0 radical (unpaired) electrons. The van der Waals surface area contributed by atoms with Crippen LogP contribution >= 0.6 is 0 Å². The Kier molecular flexibility index (Phi) is 8.35. The van der Waals surface area contributed by atoms with Crippen LogP contribution in [0, 0.1) is 0 Å². The fraction of sp³-hybridized carbons (Fsp3) is 0.667. The van der Waals surface area contributed by atoms with Crippen LogP contribution in [0.5, 0.6) is 5.75 Å². The first-order chi connectivity index (χ1) is 14.5. The lowest BCUT2D eigenvalue weighted by Crippen LogP contribution is -2.47. The van der Waals surface area contributed by atoms with Gasteiger partial charge in [0, 0.05) is 39.8 Å². The molecule has 8 nitrogen and oxygen atoms in total. The number of hydrogen-bond acceptors (Lipinski definition) is 6. The van der Waals surface area contributed by atoms with E-state index in [1.807, 2.05) is 12.1 Å². The van der Waals surface area contributed by atoms with Gasteiger partial charge in [-0.05, 0) is 43.6 Å². The Balaban J connectivity index is 1.50. The summed E-state index contributed by atoms with van der Waals surface area (Å²) in [6, 6.07) is 8.60. The fourth-order valence-electron chi connectivity index (χ4n) is 4.06. The molecule has 2 saturated heterocycles. The Labute approximate surface area is 180 Å². The summed E-state index contributed by atoms with van der Waals surface area (Å²) in [5, 5.41) is 6.84. The third-order valence-electron chi connectivity index (χ3n) is 5.93. The predicted octanol–water partition coefficient (Wildman–Crippen LogP) is 0.728. The van der Waals surface area contributed by atoms with Gasteiger partial charge in [0.25, 0.3) is 0 Å². The minimum Gasteiger partial charge on any atom is -0.497 e. The van der Waals surface area contributed by atoms with Crippen molar-refractivity contribution in [3.63, 3.8) is 0 Å². The lowest BCUT2D eigenvalue weighted by Gasteiger charge is -2.29. The van der Waals surface area contributed by atoms with Crippen molar-refractivity contribution in [3.8, 4) is 5.75 Å². The number of rotatable bonds is 8. The Morgan fingerprint density at radius 1 is 1.10 bits per heavy atom. The Morgan fingerprint density at radius 3 is 2.37 bits per heavy atom. The zero-order valence-corrected chi connectivity index (χ0v) is 19.0. The number of methoxy groups -OCH3 is 1. The van der Waals surface area contributed by atoms with Gasteiger partial charge < -0.3 is 15.4 Å². The second-order valence-corrected chi connectivity index (χ2v) is 10.2. The second-order valence-electron chi connectivity index (χ2n) is 7.91. The van der Waals surface area contributed by atoms with E-state index in [-0.39, 0.29) is 17.5 Å². The molecule has 1 aromatic carbocycles. The van der Waals surface area contributed by atoms with Crippen molar-refractivity contribution in [1.29, 1.82) is 0 Å². The summed E-state index contributed by atoms with van der Waals surface area (Å²) in [5.41, 5.74) is 1.27. The fourth-order valence-corrected chi connectivity index (χ4v) is 5.33. The number of aliphatic imine (C=N–C) groups is 1. The van der Waals surface area contributed by atoms with Gasteiger partial charge in [0.05, 0.1) is 24.7 Å². The van der Waals surface area contributed by atoms with Gasteiger partial charge in [-0.25, -0.2) is 8.42 Å². The molecular formula is C21H35N5O3S. The zero-order chi connectivity index (χ0) is 21.4. The molecule has 0 aromatic heterocycles. The number of likely N-dealkylation sites (tertiary alicyclic amines) is 1. The lowest BCUT2D eigenvalue weighted by molar-refractivity contribution is 0.245. The van der Waals surface area contributed by atoms with Crippen LogP contribution in [0.15, 0.2) is 29.3 Å². The molecule has 30 heavy (non-hydrogen) atoms. The van der Waals surface area contributed by atoms with Gasteiger partial charge in [-0.3, -0.25) is 14.8 Å². The lowest BCUT2D eigenvalue weighted by atomic mass is 10.1. The molecule has 0 bridgehead atoms. The van der Waals surface area contributed by atoms with Crippen LogP contribution in [-0.2, 0) is 9.84 Å². The van der Waals surface area contributed by atoms with Crippen LogP contribution in [0.3, 0.4) is 0 Å². The van der Waals surface area contributed by atoms with Crippen LogP contribution in [0.25, 0.3) is 0 Å². The third-order valence-corrected chi connectivity index (χ3v) is 7.54. The first-order valence-electron chi connectivity index (χ1n) is 10.8. The smallest absolute Gasteiger partial charge is 0.191 e. The molecule has 0 aliphatic carbocycles. The molecule has 168 valence electrons. The molecule has 2 N–H and O–H groups in total. The maximum absolute atomic E-state index is 11.6. The molecule has 0 amide bonds. The number of nitrogens with zero attached hydrogens (tertiary/aromatic N) is 3. The van der Waals surface area contributed by atoms with Crippen LogP contribution < -0.4 is 15.4 Å². The molecule has 2 aliphatic rings. The highest BCUT2D eigenvalue weighted by atomic mass is 32.2. The summed E-state index contributed by atoms with van der Waals surface area (Å²) in [6.45, 7) is 5.77. The third kappa shape index (κ3) is 6.58. The van der Waals surface area contributed by atoms with E-state index in [1.54, 1.807) is 14.2 Å². The maximum atomic E-state index is 11.6. The van der Waals surface area contributed by atoms with Crippen molar-refractivity contribution in [2.24, 2.45) is 4.99 Å². The molecule has 0 spiro atoms. The number of nitrogens with one attached hydrogen (secondary N) is 2. The molecule has 0 saturated carbocycles. The highest BCUT2D eigenvalue weighted by molar-refractivity contribution is 7.91. The number of hydrogen-bond donors (Lipinski definition) is 2. The van der Waals surface area contributed by atoms with E-state index < -0.39 is 9.84 Å². The van der Waals surface area contributed by atoms with Crippen LogP contribution in [0.2, 0.25) is 0 Å². The van der Waals surface area contributed by atoms with E-state index in [0.29, 0.717) is 13.1 Å². The Hall–Kier alpha value is -1.84. The number of ether oxygens (including phenoxy) is 1. The summed E-state index contributed by atoms with van der Waals surface area (Å²) < 4.78 is 28.4. The summed E-state index contributed by atoms with van der Waals surface area (Å²) in [4.78, 5) is 9.07. The normalized spacial score (nSPS) is 21.3. The van der Waals surface area contributed by atoms with E-state index >= 15 is 0 Å². The van der Waals surface area contributed by atoms with Crippen molar-refractivity contribution >= 4 is 15.8 Å². The minimum absolute atomic E-state index is 0.263. The summed E-state index contributed by atoms with van der Waals surface area (Å²) in [7, 11) is 0.637. The Morgan fingerprint density at radius 2 is 1.77 bits per heavy atom. The van der Waals surface area contributed by atoms with E-state index in [9.17, 15) is 8.42 Å². The second kappa shape index (κ2) is 11.0. The van der Waals surface area contributed by atoms with Crippen LogP contribution in [-0.4, -0.2) is 95.7 Å². The standard InChI is InChI=1S/C21H35N5O3S/c1-22-21(23-9-12-25-13-15-30(27,28)16-14-25)24-17-20(26-10-3-4-11-26)18-5-7-19(29-2)8-6-18/h5-8,20H,3-4,9-17H2,1-2H3,(H2,22,23,24). The molecule has 1 unspecified atom stereocenters. The van der Waals surface area contributed by atoms with Crippen LogP contribution in [0.1, 0.15) is 24.4 Å². The van der Waals surface area contributed by atoms with Crippen molar-refractivity contribution in [2.75, 3.05) is 71.5 Å². The molecule has 9 heteroatoms. The van der Waals surface area contributed by atoms with Gasteiger partial charge in [0.1, 0.15) is 5.75 Å². The highest BCUT2D eigenvalue weighted by Gasteiger charge is 2.24. The number of guanidine groups is 1. The molecule has 3 rings (SSSR count). The van der Waals surface area contributed by atoms with Gasteiger partial charge in [0.15, 0.2) is 15.8 Å². The molecule has 2 aliphatic heterocycles. The van der Waals surface area contributed by atoms with E-state index in [1.165, 1.54) is 18.4 Å². The monoisotopic (exact) mass is 437 g/mol. The molecular weight excluding hydrogens is 402 g/mol. The SMILES string of the molecule is CN=C(NCCN1CCS(=O)(=O)CC1)NCC(c1ccc(OC)cc1)N1CCCC1. The highest BCUT2D eigenvalue weighted by Crippen LogP contribution is 2.26. The van der Waals surface area contributed by atoms with Gasteiger partial charge in [-0.1, -0.05) is 12.1 Å². The minimum atomic E-state index is -2.83. The molecule has 1 aromatic rings. The van der Waals surface area contributed by atoms with Gasteiger partial charge in [-0.15, -0.1) is 0 Å². The van der Waals surface area contributed by atoms with E-state index in [4.69, 9.17) is 4.74 Å². The summed E-state index contributed by atoms with van der Waals surface area (Å²) in [6.07, 6.45) is 2.48. The van der Waals surface area contributed by atoms with Crippen molar-refractivity contribution in [3.05, 3.63) is 29.8 Å². The summed E-state index contributed by atoms with van der Waals surface area (Å²) >= 11 is 0. The van der Waals surface area contributed by atoms with Crippen molar-refractivity contribution in [1.82, 2.24) is 20.4 Å². The average molecular weight is 438 g/mol. The van der Waals surface area contributed by atoms with E-state index in [0.717, 1.165) is 44.4 Å². The first-order valence-corrected chi connectivity index (χ1v) is 12.6. The van der Waals surface area contributed by atoms with E-state index in [2.05, 4.69) is 37.6 Å². The maximum Gasteiger partial charge on any atom is 0.191 e.